The predicted octanol–water partition coefficient (Wildman–Crippen LogP) is 2.81. The Labute approximate surface area is 178 Å². The molecule has 0 radical (unpaired) electrons. The van der Waals surface area contributed by atoms with E-state index in [2.05, 4.69) is 23.5 Å². The molecule has 0 aliphatic carbocycles. The van der Waals surface area contributed by atoms with E-state index in [-0.39, 0.29) is 18.1 Å². The fourth-order valence-corrected chi connectivity index (χ4v) is 3.44. The van der Waals surface area contributed by atoms with E-state index in [1.807, 2.05) is 13.8 Å². The van der Waals surface area contributed by atoms with Crippen LogP contribution in [0.2, 0.25) is 0 Å². The second-order valence-electron chi connectivity index (χ2n) is 6.27. The van der Waals surface area contributed by atoms with Crippen molar-refractivity contribution < 1.29 is 19.1 Å². The zero-order valence-corrected chi connectivity index (χ0v) is 18.3. The summed E-state index contributed by atoms with van der Waals surface area (Å²) in [5.41, 5.74) is 1.16. The number of unbranched alkanes of at least 4 members (excludes halogenated alkanes) is 1. The van der Waals surface area contributed by atoms with Crippen LogP contribution in [0.5, 0.6) is 0 Å². The van der Waals surface area contributed by atoms with Crippen molar-refractivity contribution in [3.8, 4) is 12.3 Å². The molecule has 1 rings (SSSR count). The van der Waals surface area contributed by atoms with Gasteiger partial charge in [0.25, 0.3) is 5.91 Å². The van der Waals surface area contributed by atoms with Crippen molar-refractivity contribution in [3.63, 3.8) is 0 Å². The van der Waals surface area contributed by atoms with Gasteiger partial charge in [-0.2, -0.15) is 11.8 Å². The highest BCUT2D eigenvalue weighted by molar-refractivity contribution is 7.99. The Morgan fingerprint density at radius 3 is 2.31 bits per heavy atom. The molecule has 0 aliphatic rings. The molecule has 0 bridgehead atoms. The minimum absolute atomic E-state index is 0.191. The van der Waals surface area contributed by atoms with E-state index >= 15 is 0 Å². The van der Waals surface area contributed by atoms with E-state index in [1.165, 1.54) is 11.8 Å². The lowest BCUT2D eigenvalue weighted by molar-refractivity contribution is -0.122. The summed E-state index contributed by atoms with van der Waals surface area (Å²) in [5.74, 6) is 3.01. The van der Waals surface area contributed by atoms with Crippen LogP contribution in [-0.4, -0.2) is 55.4 Å². The van der Waals surface area contributed by atoms with Gasteiger partial charge in [0, 0.05) is 42.4 Å². The summed E-state index contributed by atoms with van der Waals surface area (Å²) < 4.78 is 11.1. The lowest BCUT2D eigenvalue weighted by Crippen LogP contribution is -2.48. The van der Waals surface area contributed by atoms with E-state index in [0.717, 1.165) is 12.8 Å². The van der Waals surface area contributed by atoms with Crippen molar-refractivity contribution in [1.82, 2.24) is 10.6 Å². The maximum absolute atomic E-state index is 12.6. The first kappa shape index (κ1) is 25.0. The third-order valence-corrected chi connectivity index (χ3v) is 5.09. The highest BCUT2D eigenvalue weighted by Gasteiger charge is 2.22. The normalized spacial score (nSPS) is 11.7. The Morgan fingerprint density at radius 1 is 1.10 bits per heavy atom. The van der Waals surface area contributed by atoms with Gasteiger partial charge in [-0.05, 0) is 44.5 Å². The zero-order chi connectivity index (χ0) is 21.5. The number of hydrogen-bond donors (Lipinski definition) is 2. The molecule has 29 heavy (non-hydrogen) atoms. The van der Waals surface area contributed by atoms with Crippen molar-refractivity contribution in [1.29, 1.82) is 0 Å². The SMILES string of the molecule is C#Cc1ccc(C(=O)NC(CSCC(OCC)OCC)C(=O)NCCCC)cc1. The van der Waals surface area contributed by atoms with Crippen LogP contribution in [-0.2, 0) is 14.3 Å². The molecule has 0 spiro atoms. The summed E-state index contributed by atoms with van der Waals surface area (Å²) in [6, 6.07) is 6.07. The van der Waals surface area contributed by atoms with Crippen molar-refractivity contribution in [3.05, 3.63) is 35.4 Å². The number of hydrogen-bond acceptors (Lipinski definition) is 5. The second kappa shape index (κ2) is 14.9. The summed E-state index contributed by atoms with van der Waals surface area (Å²) >= 11 is 1.51. The largest absolute Gasteiger partial charge is 0.354 e. The molecule has 0 saturated carbocycles. The molecule has 1 atom stereocenters. The van der Waals surface area contributed by atoms with Gasteiger partial charge < -0.3 is 20.1 Å². The number of rotatable bonds is 14. The number of amides is 2. The van der Waals surface area contributed by atoms with Crippen LogP contribution in [0.15, 0.2) is 24.3 Å². The number of terminal acetylenes is 1. The molecule has 7 heteroatoms. The third-order valence-electron chi connectivity index (χ3n) is 4.01. The van der Waals surface area contributed by atoms with Crippen LogP contribution in [0, 0.1) is 12.3 Å². The maximum atomic E-state index is 12.6. The fourth-order valence-electron chi connectivity index (χ4n) is 2.45. The monoisotopic (exact) mass is 420 g/mol. The fraction of sp³-hybridized carbons (Fsp3) is 0.545. The molecular formula is C22H32N2O4S. The van der Waals surface area contributed by atoms with Crippen LogP contribution < -0.4 is 10.6 Å². The Morgan fingerprint density at radius 2 is 1.76 bits per heavy atom. The molecule has 0 aromatic heterocycles. The Hall–Kier alpha value is -2.01. The van der Waals surface area contributed by atoms with Crippen molar-refractivity contribution in [2.75, 3.05) is 31.3 Å². The molecule has 1 aromatic carbocycles. The standard InChI is InChI=1S/C22H32N2O4S/c1-5-9-14-23-22(26)19(15-29-16-20(27-7-3)28-8-4)24-21(25)18-12-10-17(6-2)11-13-18/h2,10-13,19-20H,5,7-9,14-16H2,1,3-4H3,(H,23,26)(H,24,25). The zero-order valence-electron chi connectivity index (χ0n) is 17.5. The van der Waals surface area contributed by atoms with Gasteiger partial charge in [-0.15, -0.1) is 6.42 Å². The van der Waals surface area contributed by atoms with Gasteiger partial charge in [0.15, 0.2) is 6.29 Å². The number of thioether (sulfide) groups is 1. The lowest BCUT2D eigenvalue weighted by atomic mass is 10.1. The Kier molecular flexibility index (Phi) is 12.9. The average molecular weight is 421 g/mol. The molecule has 1 unspecified atom stereocenters. The molecule has 2 N–H and O–H groups in total. The Balaban J connectivity index is 2.72. The van der Waals surface area contributed by atoms with Gasteiger partial charge in [-0.1, -0.05) is 19.3 Å². The first-order valence-electron chi connectivity index (χ1n) is 10.0. The minimum atomic E-state index is -0.652. The molecule has 0 fully saturated rings. The smallest absolute Gasteiger partial charge is 0.251 e. The van der Waals surface area contributed by atoms with Gasteiger partial charge in [-0.3, -0.25) is 9.59 Å². The minimum Gasteiger partial charge on any atom is -0.354 e. The summed E-state index contributed by atoms with van der Waals surface area (Å²) in [6.07, 6.45) is 6.90. The molecule has 6 nitrogen and oxygen atoms in total. The molecule has 160 valence electrons. The first-order valence-corrected chi connectivity index (χ1v) is 11.2. The van der Waals surface area contributed by atoms with Gasteiger partial charge in [0.05, 0.1) is 0 Å². The summed E-state index contributed by atoms with van der Waals surface area (Å²) in [6.45, 7) is 7.57. The van der Waals surface area contributed by atoms with Crippen LogP contribution >= 0.6 is 11.8 Å². The summed E-state index contributed by atoms with van der Waals surface area (Å²) in [4.78, 5) is 25.2. The molecule has 2 amide bonds. The van der Waals surface area contributed by atoms with E-state index in [9.17, 15) is 9.59 Å². The molecule has 0 heterocycles. The third kappa shape index (κ3) is 9.84. The maximum Gasteiger partial charge on any atom is 0.251 e. The van der Waals surface area contributed by atoms with Gasteiger partial charge in [-0.25, -0.2) is 0 Å². The highest BCUT2D eigenvalue weighted by atomic mass is 32.2. The number of carbonyl (C=O) groups excluding carboxylic acids is 2. The summed E-state index contributed by atoms with van der Waals surface area (Å²) in [7, 11) is 0. The van der Waals surface area contributed by atoms with Gasteiger partial charge in [0.1, 0.15) is 6.04 Å². The highest BCUT2D eigenvalue weighted by Crippen LogP contribution is 2.11. The number of benzene rings is 1. The Bertz CT molecular complexity index is 652. The summed E-state index contributed by atoms with van der Waals surface area (Å²) in [5, 5.41) is 5.72. The van der Waals surface area contributed by atoms with E-state index in [4.69, 9.17) is 15.9 Å². The number of carbonyl (C=O) groups is 2. The second-order valence-corrected chi connectivity index (χ2v) is 7.34. The van der Waals surface area contributed by atoms with Crippen molar-refractivity contribution >= 4 is 23.6 Å². The van der Waals surface area contributed by atoms with Crippen LogP contribution in [0.1, 0.15) is 49.5 Å². The molecule has 0 saturated heterocycles. The topological polar surface area (TPSA) is 76.7 Å². The van der Waals surface area contributed by atoms with Crippen LogP contribution in [0.25, 0.3) is 0 Å². The first-order chi connectivity index (χ1) is 14.0. The molecule has 0 aliphatic heterocycles. The van der Waals surface area contributed by atoms with E-state index < -0.39 is 6.04 Å². The number of ether oxygens (including phenoxy) is 2. The van der Waals surface area contributed by atoms with Crippen molar-refractivity contribution in [2.24, 2.45) is 0 Å². The van der Waals surface area contributed by atoms with Crippen LogP contribution in [0.4, 0.5) is 0 Å². The predicted molar refractivity (Wildman–Crippen MR) is 118 cm³/mol. The molecule has 1 aromatic rings. The van der Waals surface area contributed by atoms with E-state index in [1.54, 1.807) is 24.3 Å². The quantitative estimate of drug-likeness (QED) is 0.275. The van der Waals surface area contributed by atoms with Crippen molar-refractivity contribution in [2.45, 2.75) is 45.9 Å². The number of nitrogens with one attached hydrogen (secondary N) is 2. The lowest BCUT2D eigenvalue weighted by Gasteiger charge is -2.20. The van der Waals surface area contributed by atoms with Gasteiger partial charge >= 0.3 is 0 Å². The van der Waals surface area contributed by atoms with E-state index in [0.29, 0.717) is 42.4 Å². The van der Waals surface area contributed by atoms with Gasteiger partial charge in [0.2, 0.25) is 5.91 Å². The van der Waals surface area contributed by atoms with Crippen LogP contribution in [0.3, 0.4) is 0 Å². The average Bonchev–Trinajstić information content (AvgIpc) is 2.73. The molecular weight excluding hydrogens is 388 g/mol.